The second-order valence-electron chi connectivity index (χ2n) is 3.68. The van der Waals surface area contributed by atoms with Gasteiger partial charge in [0.2, 0.25) is 0 Å². The van der Waals surface area contributed by atoms with E-state index < -0.39 is 0 Å². The molecule has 2 heteroatoms. The Hall–Kier alpha value is -2.40. The van der Waals surface area contributed by atoms with Crippen LogP contribution in [0.15, 0.2) is 48.8 Å². The molecule has 1 aromatic heterocycles. The summed E-state index contributed by atoms with van der Waals surface area (Å²) in [6, 6.07) is 14.3. The Kier molecular flexibility index (Phi) is 1.84. The molecule has 0 saturated carbocycles. The van der Waals surface area contributed by atoms with Crippen LogP contribution in [0.3, 0.4) is 0 Å². The van der Waals surface area contributed by atoms with Gasteiger partial charge in [0.25, 0.3) is 0 Å². The lowest BCUT2D eigenvalue weighted by Crippen LogP contribution is -1.84. The van der Waals surface area contributed by atoms with Gasteiger partial charge in [0.1, 0.15) is 6.07 Å². The van der Waals surface area contributed by atoms with Crippen molar-refractivity contribution in [2.45, 2.75) is 0 Å². The Balaban J connectivity index is 2.58. The largest absolute Gasteiger partial charge is 0.263 e. The quantitative estimate of drug-likeness (QED) is 0.527. The van der Waals surface area contributed by atoms with Gasteiger partial charge in [0.05, 0.1) is 5.56 Å². The van der Waals surface area contributed by atoms with E-state index in [9.17, 15) is 0 Å². The van der Waals surface area contributed by atoms with Crippen LogP contribution in [0.1, 0.15) is 5.56 Å². The highest BCUT2D eigenvalue weighted by atomic mass is 14.6. The molecule has 74 valence electrons. The predicted octanol–water partition coefficient (Wildman–Crippen LogP) is 3.26. The van der Waals surface area contributed by atoms with Crippen molar-refractivity contribution in [2.24, 2.45) is 0 Å². The molecule has 0 fully saturated rings. The molecule has 1 heterocycles. The lowest BCUT2D eigenvalue weighted by molar-refractivity contribution is 1.34. The van der Waals surface area contributed by atoms with E-state index in [4.69, 9.17) is 5.26 Å². The molecule has 0 amide bonds. The second-order valence-corrected chi connectivity index (χ2v) is 3.68. The van der Waals surface area contributed by atoms with Gasteiger partial charge in [-0.3, -0.25) is 4.98 Å². The van der Waals surface area contributed by atoms with Crippen molar-refractivity contribution in [3.8, 4) is 6.07 Å². The minimum absolute atomic E-state index is 0.628. The van der Waals surface area contributed by atoms with Crippen LogP contribution in [-0.4, -0.2) is 4.98 Å². The number of rotatable bonds is 0. The Morgan fingerprint density at radius 3 is 2.62 bits per heavy atom. The van der Waals surface area contributed by atoms with Gasteiger partial charge in [-0.15, -0.1) is 0 Å². The average molecular weight is 204 g/mol. The molecule has 2 aromatic carbocycles. The number of nitriles is 1. The number of hydrogen-bond acceptors (Lipinski definition) is 2. The van der Waals surface area contributed by atoms with Crippen LogP contribution in [0.25, 0.3) is 21.5 Å². The van der Waals surface area contributed by atoms with Crippen LogP contribution in [0, 0.1) is 11.3 Å². The molecule has 3 aromatic rings. The van der Waals surface area contributed by atoms with Crippen LogP contribution < -0.4 is 0 Å². The van der Waals surface area contributed by atoms with Crippen LogP contribution >= 0.6 is 0 Å². The summed E-state index contributed by atoms with van der Waals surface area (Å²) >= 11 is 0. The highest BCUT2D eigenvalue weighted by Gasteiger charge is 2.03. The van der Waals surface area contributed by atoms with Crippen LogP contribution in [0.5, 0.6) is 0 Å². The minimum atomic E-state index is 0.628. The third-order valence-electron chi connectivity index (χ3n) is 2.79. The molecule has 0 aliphatic rings. The molecule has 0 unspecified atom stereocenters. The van der Waals surface area contributed by atoms with Gasteiger partial charge < -0.3 is 0 Å². The highest BCUT2D eigenvalue weighted by Crippen LogP contribution is 2.26. The van der Waals surface area contributed by atoms with Crippen molar-refractivity contribution in [3.05, 3.63) is 54.4 Å². The monoisotopic (exact) mass is 204 g/mol. The van der Waals surface area contributed by atoms with Gasteiger partial charge in [-0.25, -0.2) is 0 Å². The average Bonchev–Trinajstić information content (AvgIpc) is 2.37. The van der Waals surface area contributed by atoms with Gasteiger partial charge >= 0.3 is 0 Å². The van der Waals surface area contributed by atoms with Crippen molar-refractivity contribution in [1.82, 2.24) is 4.98 Å². The first kappa shape index (κ1) is 8.87. The summed E-state index contributed by atoms with van der Waals surface area (Å²) in [4.78, 5) is 4.11. The number of nitrogens with zero attached hydrogens (tertiary/aromatic N) is 2. The summed E-state index contributed by atoms with van der Waals surface area (Å²) in [7, 11) is 0. The van der Waals surface area contributed by atoms with E-state index in [1.165, 1.54) is 5.39 Å². The number of hydrogen-bond donors (Lipinski definition) is 0. The SMILES string of the molecule is N#Cc1cncc2c1ccc1ccccc12. The van der Waals surface area contributed by atoms with Crippen molar-refractivity contribution in [1.29, 1.82) is 5.26 Å². The molecule has 3 rings (SSSR count). The first-order valence-electron chi connectivity index (χ1n) is 5.06. The number of pyridine rings is 1. The molecule has 0 radical (unpaired) electrons. The van der Waals surface area contributed by atoms with E-state index in [0.717, 1.165) is 16.2 Å². The zero-order valence-electron chi connectivity index (χ0n) is 8.51. The molecular weight excluding hydrogens is 196 g/mol. The maximum absolute atomic E-state index is 9.02. The van der Waals surface area contributed by atoms with Gasteiger partial charge in [0, 0.05) is 23.2 Å². The van der Waals surface area contributed by atoms with Crippen molar-refractivity contribution in [2.75, 3.05) is 0 Å². The lowest BCUT2D eigenvalue weighted by atomic mass is 10.0. The highest BCUT2D eigenvalue weighted by molar-refractivity contribution is 6.08. The third kappa shape index (κ3) is 1.15. The summed E-state index contributed by atoms with van der Waals surface area (Å²) < 4.78 is 0. The third-order valence-corrected chi connectivity index (χ3v) is 2.79. The van der Waals surface area contributed by atoms with Crippen molar-refractivity contribution in [3.63, 3.8) is 0 Å². The fraction of sp³-hybridized carbons (Fsp3) is 0. The topological polar surface area (TPSA) is 36.7 Å². The molecule has 0 bridgehead atoms. The zero-order chi connectivity index (χ0) is 11.0. The fourth-order valence-corrected chi connectivity index (χ4v) is 2.01. The Bertz CT molecular complexity index is 723. The molecule has 0 spiro atoms. The summed E-state index contributed by atoms with van der Waals surface area (Å²) in [6.45, 7) is 0. The van der Waals surface area contributed by atoms with Crippen LogP contribution in [0.2, 0.25) is 0 Å². The molecule has 0 saturated heterocycles. The van der Waals surface area contributed by atoms with Crippen LogP contribution in [0.4, 0.5) is 0 Å². The van der Waals surface area contributed by atoms with Gasteiger partial charge in [-0.1, -0.05) is 36.4 Å². The van der Waals surface area contributed by atoms with E-state index in [0.29, 0.717) is 5.56 Å². The number of fused-ring (bicyclic) bond motifs is 3. The van der Waals surface area contributed by atoms with E-state index >= 15 is 0 Å². The summed E-state index contributed by atoms with van der Waals surface area (Å²) in [6.07, 6.45) is 3.43. The van der Waals surface area contributed by atoms with E-state index in [-0.39, 0.29) is 0 Å². The first-order chi connectivity index (χ1) is 7.90. The number of aromatic nitrogens is 1. The Morgan fingerprint density at radius 1 is 0.875 bits per heavy atom. The molecule has 0 aliphatic carbocycles. The van der Waals surface area contributed by atoms with Crippen LogP contribution in [-0.2, 0) is 0 Å². The van der Waals surface area contributed by atoms with E-state index in [1.807, 2.05) is 30.5 Å². The number of benzene rings is 2. The van der Waals surface area contributed by atoms with Crippen molar-refractivity contribution < 1.29 is 0 Å². The lowest BCUT2D eigenvalue weighted by Gasteiger charge is -2.03. The summed E-state index contributed by atoms with van der Waals surface area (Å²) in [5, 5.41) is 13.3. The van der Waals surface area contributed by atoms with Gasteiger partial charge in [-0.2, -0.15) is 5.26 Å². The van der Waals surface area contributed by atoms with Crippen molar-refractivity contribution >= 4 is 21.5 Å². The Morgan fingerprint density at radius 2 is 1.75 bits per heavy atom. The molecule has 2 nitrogen and oxygen atoms in total. The van der Waals surface area contributed by atoms with E-state index in [2.05, 4.69) is 23.2 Å². The maximum atomic E-state index is 9.02. The molecule has 16 heavy (non-hydrogen) atoms. The fourth-order valence-electron chi connectivity index (χ4n) is 2.01. The summed E-state index contributed by atoms with van der Waals surface area (Å²) in [5.74, 6) is 0. The van der Waals surface area contributed by atoms with E-state index in [1.54, 1.807) is 6.20 Å². The van der Waals surface area contributed by atoms with Gasteiger partial charge in [0.15, 0.2) is 0 Å². The normalized spacial score (nSPS) is 10.4. The molecular formula is C14H8N2. The molecule has 0 N–H and O–H groups in total. The predicted molar refractivity (Wildman–Crippen MR) is 64.0 cm³/mol. The smallest absolute Gasteiger partial charge is 0.101 e. The maximum Gasteiger partial charge on any atom is 0.101 e. The first-order valence-corrected chi connectivity index (χ1v) is 5.06. The zero-order valence-corrected chi connectivity index (χ0v) is 8.51. The summed E-state index contributed by atoms with van der Waals surface area (Å²) in [5.41, 5.74) is 0.628. The van der Waals surface area contributed by atoms with Gasteiger partial charge in [-0.05, 0) is 10.8 Å². The Labute approximate surface area is 92.8 Å². The standard InChI is InChI=1S/C14H8N2/c15-7-11-8-16-9-14-12-4-2-1-3-10(12)5-6-13(11)14/h1-6,8-9H. The second kappa shape index (κ2) is 3.32. The molecule has 0 aliphatic heterocycles. The minimum Gasteiger partial charge on any atom is -0.263 e. The molecule has 0 atom stereocenters.